The smallest absolute Gasteiger partial charge is 0.119 e. The van der Waals surface area contributed by atoms with Gasteiger partial charge in [-0.25, -0.2) is 0 Å². The third kappa shape index (κ3) is 7.57. The van der Waals surface area contributed by atoms with Crippen molar-refractivity contribution in [2.24, 2.45) is 5.92 Å². The second-order valence-electron chi connectivity index (χ2n) is 8.75. The summed E-state index contributed by atoms with van der Waals surface area (Å²) in [5.41, 5.74) is 3.92. The van der Waals surface area contributed by atoms with E-state index >= 15 is 0 Å². The number of aromatic nitrogens is 1. The van der Waals surface area contributed by atoms with Gasteiger partial charge in [-0.3, -0.25) is 4.90 Å². The van der Waals surface area contributed by atoms with Gasteiger partial charge in [0.15, 0.2) is 0 Å². The minimum absolute atomic E-state index is 0.298. The standard InChI is InChI=1S/C27H36N2O2/c1-22(2)15-17-28(20-26(30)21-31-27-13-5-4-6-14-27)19-25-12-9-16-29(25)18-24-11-8-7-10-23(24)3/h4-14,16,22,26,30H,15,17-21H2,1-3H3. The molecule has 166 valence electrons. The fourth-order valence-electron chi connectivity index (χ4n) is 3.68. The maximum absolute atomic E-state index is 10.6. The van der Waals surface area contributed by atoms with Gasteiger partial charge in [-0.15, -0.1) is 0 Å². The normalized spacial score (nSPS) is 12.5. The van der Waals surface area contributed by atoms with E-state index in [2.05, 4.69) is 72.8 Å². The third-order valence-corrected chi connectivity index (χ3v) is 5.59. The van der Waals surface area contributed by atoms with Crippen LogP contribution >= 0.6 is 0 Å². The topological polar surface area (TPSA) is 37.6 Å². The number of hydrogen-bond acceptors (Lipinski definition) is 3. The average Bonchev–Trinajstić information content (AvgIpc) is 3.19. The largest absolute Gasteiger partial charge is 0.491 e. The molecule has 0 spiro atoms. The SMILES string of the molecule is Cc1ccccc1Cn1cccc1CN(CCC(C)C)CC(O)COc1ccccc1. The number of aryl methyl sites for hydroxylation is 1. The molecular weight excluding hydrogens is 384 g/mol. The van der Waals surface area contributed by atoms with Crippen molar-refractivity contribution in [2.45, 2.75) is 46.4 Å². The minimum atomic E-state index is -0.535. The highest BCUT2D eigenvalue weighted by Gasteiger charge is 2.16. The lowest BCUT2D eigenvalue weighted by Gasteiger charge is -2.26. The Kier molecular flexibility index (Phi) is 8.74. The van der Waals surface area contributed by atoms with E-state index in [-0.39, 0.29) is 0 Å². The van der Waals surface area contributed by atoms with Crippen molar-refractivity contribution in [3.05, 3.63) is 89.7 Å². The summed E-state index contributed by atoms with van der Waals surface area (Å²) in [5, 5.41) is 10.6. The lowest BCUT2D eigenvalue weighted by Crippen LogP contribution is -2.36. The average molecular weight is 421 g/mol. The summed E-state index contributed by atoms with van der Waals surface area (Å²) in [4.78, 5) is 2.35. The van der Waals surface area contributed by atoms with Crippen LogP contribution in [0.3, 0.4) is 0 Å². The predicted octanol–water partition coefficient (Wildman–Crippen LogP) is 5.13. The number of para-hydroxylation sites is 1. The summed E-state index contributed by atoms with van der Waals surface area (Å²) in [6, 6.07) is 22.5. The van der Waals surface area contributed by atoms with E-state index in [0.717, 1.165) is 31.8 Å². The Hall–Kier alpha value is -2.56. The quantitative estimate of drug-likeness (QED) is 0.441. The van der Waals surface area contributed by atoms with Crippen molar-refractivity contribution in [1.82, 2.24) is 9.47 Å². The molecule has 1 unspecified atom stereocenters. The van der Waals surface area contributed by atoms with Crippen LogP contribution in [-0.2, 0) is 13.1 Å². The summed E-state index contributed by atoms with van der Waals surface area (Å²) in [6.07, 6.45) is 2.72. The van der Waals surface area contributed by atoms with E-state index in [4.69, 9.17) is 4.74 Å². The second-order valence-corrected chi connectivity index (χ2v) is 8.75. The second kappa shape index (κ2) is 11.7. The highest BCUT2D eigenvalue weighted by molar-refractivity contribution is 5.26. The number of ether oxygens (including phenoxy) is 1. The number of aliphatic hydroxyl groups is 1. The van der Waals surface area contributed by atoms with Crippen LogP contribution in [0, 0.1) is 12.8 Å². The van der Waals surface area contributed by atoms with Crippen LogP contribution in [0.5, 0.6) is 5.75 Å². The molecule has 0 radical (unpaired) electrons. The first-order valence-corrected chi connectivity index (χ1v) is 11.3. The molecule has 0 aliphatic heterocycles. The van der Waals surface area contributed by atoms with E-state index in [9.17, 15) is 5.11 Å². The van der Waals surface area contributed by atoms with Gasteiger partial charge in [0.05, 0.1) is 0 Å². The molecular formula is C27H36N2O2. The molecule has 2 aromatic carbocycles. The van der Waals surface area contributed by atoms with Crippen molar-refractivity contribution in [3.63, 3.8) is 0 Å². The lowest BCUT2D eigenvalue weighted by molar-refractivity contribution is 0.0632. The van der Waals surface area contributed by atoms with Gasteiger partial charge in [-0.1, -0.05) is 56.3 Å². The highest BCUT2D eigenvalue weighted by Crippen LogP contribution is 2.15. The first-order chi connectivity index (χ1) is 15.0. The number of rotatable bonds is 12. The van der Waals surface area contributed by atoms with Crippen molar-refractivity contribution < 1.29 is 9.84 Å². The zero-order valence-electron chi connectivity index (χ0n) is 19.1. The molecule has 0 saturated heterocycles. The Bertz CT molecular complexity index is 904. The van der Waals surface area contributed by atoms with Gasteiger partial charge >= 0.3 is 0 Å². The van der Waals surface area contributed by atoms with E-state index in [1.54, 1.807) is 0 Å². The zero-order valence-corrected chi connectivity index (χ0v) is 19.1. The first kappa shape index (κ1) is 23.1. The van der Waals surface area contributed by atoms with Gasteiger partial charge in [0.25, 0.3) is 0 Å². The van der Waals surface area contributed by atoms with Crippen LogP contribution in [0.2, 0.25) is 0 Å². The molecule has 0 bridgehead atoms. The van der Waals surface area contributed by atoms with E-state index in [1.807, 2.05) is 30.3 Å². The molecule has 3 aromatic rings. The summed E-state index contributed by atoms with van der Waals surface area (Å²) in [5.74, 6) is 1.42. The summed E-state index contributed by atoms with van der Waals surface area (Å²) in [6.45, 7) is 10.2. The molecule has 4 nitrogen and oxygen atoms in total. The molecule has 0 amide bonds. The van der Waals surface area contributed by atoms with Gasteiger partial charge in [-0.05, 0) is 61.2 Å². The zero-order chi connectivity index (χ0) is 22.1. The van der Waals surface area contributed by atoms with Crippen LogP contribution in [-0.4, -0.2) is 40.4 Å². The fourth-order valence-corrected chi connectivity index (χ4v) is 3.68. The van der Waals surface area contributed by atoms with Crippen molar-refractivity contribution >= 4 is 0 Å². The molecule has 0 aliphatic rings. The number of nitrogens with zero attached hydrogens (tertiary/aromatic N) is 2. The monoisotopic (exact) mass is 420 g/mol. The number of benzene rings is 2. The van der Waals surface area contributed by atoms with E-state index in [0.29, 0.717) is 19.1 Å². The molecule has 3 rings (SSSR count). The molecule has 1 atom stereocenters. The molecule has 0 aliphatic carbocycles. The van der Waals surface area contributed by atoms with Crippen LogP contribution in [0.15, 0.2) is 72.9 Å². The summed E-state index contributed by atoms with van der Waals surface area (Å²) >= 11 is 0. The Morgan fingerprint density at radius 2 is 1.71 bits per heavy atom. The van der Waals surface area contributed by atoms with Crippen molar-refractivity contribution in [2.75, 3.05) is 19.7 Å². The lowest BCUT2D eigenvalue weighted by atomic mass is 10.1. The molecule has 0 fully saturated rings. The van der Waals surface area contributed by atoms with Gasteiger partial charge in [-0.2, -0.15) is 0 Å². The molecule has 1 aromatic heterocycles. The number of hydrogen-bond donors (Lipinski definition) is 1. The summed E-state index contributed by atoms with van der Waals surface area (Å²) < 4.78 is 8.08. The van der Waals surface area contributed by atoms with Crippen LogP contribution in [0.25, 0.3) is 0 Å². The fraction of sp³-hybridized carbons (Fsp3) is 0.407. The van der Waals surface area contributed by atoms with Gasteiger partial charge in [0, 0.05) is 31.5 Å². The molecule has 0 saturated carbocycles. The number of aliphatic hydroxyl groups excluding tert-OH is 1. The Labute approximate surface area is 187 Å². The predicted molar refractivity (Wildman–Crippen MR) is 127 cm³/mol. The molecule has 31 heavy (non-hydrogen) atoms. The highest BCUT2D eigenvalue weighted by atomic mass is 16.5. The Balaban J connectivity index is 1.62. The van der Waals surface area contributed by atoms with Crippen molar-refractivity contribution in [1.29, 1.82) is 0 Å². The molecule has 1 N–H and O–H groups in total. The van der Waals surface area contributed by atoms with Gasteiger partial charge in [0.2, 0.25) is 0 Å². The minimum Gasteiger partial charge on any atom is -0.491 e. The molecule has 4 heteroatoms. The molecule has 1 heterocycles. The van der Waals surface area contributed by atoms with Gasteiger partial charge < -0.3 is 14.4 Å². The van der Waals surface area contributed by atoms with Crippen molar-refractivity contribution in [3.8, 4) is 5.75 Å². The third-order valence-electron chi connectivity index (χ3n) is 5.59. The first-order valence-electron chi connectivity index (χ1n) is 11.3. The Morgan fingerprint density at radius 1 is 0.968 bits per heavy atom. The Morgan fingerprint density at radius 3 is 2.45 bits per heavy atom. The maximum atomic E-state index is 10.6. The summed E-state index contributed by atoms with van der Waals surface area (Å²) in [7, 11) is 0. The van der Waals surface area contributed by atoms with Crippen LogP contribution < -0.4 is 4.74 Å². The maximum Gasteiger partial charge on any atom is 0.119 e. The van der Waals surface area contributed by atoms with E-state index in [1.165, 1.54) is 16.8 Å². The van der Waals surface area contributed by atoms with E-state index < -0.39 is 6.10 Å². The van der Waals surface area contributed by atoms with Gasteiger partial charge in [0.1, 0.15) is 18.5 Å². The van der Waals surface area contributed by atoms with Crippen LogP contribution in [0.4, 0.5) is 0 Å². The van der Waals surface area contributed by atoms with Crippen LogP contribution in [0.1, 0.15) is 37.1 Å².